The third kappa shape index (κ3) is 5.55. The van der Waals surface area contributed by atoms with Crippen molar-refractivity contribution in [2.24, 2.45) is 0 Å². The number of aromatic nitrogens is 1. The molecule has 0 bridgehead atoms. The molecule has 39 heavy (non-hydrogen) atoms. The van der Waals surface area contributed by atoms with Crippen LogP contribution in [0, 0.1) is 0 Å². The van der Waals surface area contributed by atoms with Gasteiger partial charge in [0.2, 0.25) is 0 Å². The van der Waals surface area contributed by atoms with E-state index in [1.807, 2.05) is 35.2 Å². The third-order valence-corrected chi connectivity index (χ3v) is 9.11. The molecule has 1 amide bonds. The first-order valence-corrected chi connectivity index (χ1v) is 14.7. The minimum Gasteiger partial charge on any atom is -0.496 e. The second kappa shape index (κ2) is 11.2. The summed E-state index contributed by atoms with van der Waals surface area (Å²) < 4.78 is 34.9. The van der Waals surface area contributed by atoms with Gasteiger partial charge in [0, 0.05) is 44.5 Å². The zero-order valence-corrected chi connectivity index (χ0v) is 23.3. The fraction of sp³-hybridized carbons (Fsp3) is 0.333. The molecule has 2 atom stereocenters. The Bertz CT molecular complexity index is 1480. The van der Waals surface area contributed by atoms with E-state index in [0.717, 1.165) is 18.7 Å². The smallest absolute Gasteiger partial charge is 0.263 e. The maximum absolute atomic E-state index is 13.4. The zero-order valence-electron chi connectivity index (χ0n) is 22.5. The SMILES string of the molecule is COc1cc(NS(=O)(=O)C2=CC[C@H](C)c3cccnc32)ccc1C(=O)N1CCN(C(C)c2ccccc2)CC1. The van der Waals surface area contributed by atoms with E-state index in [4.69, 9.17) is 4.74 Å². The Hall–Kier alpha value is -3.69. The molecule has 2 aromatic carbocycles. The fourth-order valence-electron chi connectivity index (χ4n) is 5.33. The number of hydrogen-bond acceptors (Lipinski definition) is 6. The minimum atomic E-state index is -3.90. The number of rotatable bonds is 7. The number of allylic oxidation sites excluding steroid dienone is 1. The predicted octanol–water partition coefficient (Wildman–Crippen LogP) is 4.90. The first-order chi connectivity index (χ1) is 18.8. The average Bonchev–Trinajstić information content (AvgIpc) is 2.97. The molecule has 1 fully saturated rings. The Labute approximate surface area is 230 Å². The molecule has 8 nitrogen and oxygen atoms in total. The summed E-state index contributed by atoms with van der Waals surface area (Å²) in [6, 6.07) is 19.2. The number of amides is 1. The second-order valence-corrected chi connectivity index (χ2v) is 11.7. The van der Waals surface area contributed by atoms with Crippen molar-refractivity contribution in [3.63, 3.8) is 0 Å². The van der Waals surface area contributed by atoms with E-state index in [2.05, 4.69) is 40.6 Å². The third-order valence-electron chi connectivity index (χ3n) is 7.66. The number of carbonyl (C=O) groups excluding carboxylic acids is 1. The normalized spacial score (nSPS) is 18.6. The van der Waals surface area contributed by atoms with Crippen LogP contribution < -0.4 is 9.46 Å². The van der Waals surface area contributed by atoms with E-state index in [1.54, 1.807) is 30.5 Å². The van der Waals surface area contributed by atoms with Crippen molar-refractivity contribution in [2.45, 2.75) is 32.2 Å². The molecule has 1 aliphatic carbocycles. The lowest BCUT2D eigenvalue weighted by molar-refractivity contribution is 0.0579. The number of carbonyl (C=O) groups is 1. The molecule has 0 saturated carbocycles. The number of ether oxygens (including phenoxy) is 1. The first kappa shape index (κ1) is 26.9. The van der Waals surface area contributed by atoms with E-state index in [9.17, 15) is 13.2 Å². The van der Waals surface area contributed by atoms with Gasteiger partial charge in [0.25, 0.3) is 15.9 Å². The molecule has 1 aliphatic heterocycles. The Morgan fingerprint density at radius 2 is 1.79 bits per heavy atom. The summed E-state index contributed by atoms with van der Waals surface area (Å²) >= 11 is 0. The van der Waals surface area contributed by atoms with Gasteiger partial charge in [-0.25, -0.2) is 8.42 Å². The molecular formula is C30H34N4O4S. The molecular weight excluding hydrogens is 512 g/mol. The van der Waals surface area contributed by atoms with Crippen molar-refractivity contribution in [2.75, 3.05) is 38.0 Å². The number of fused-ring (bicyclic) bond motifs is 1. The van der Waals surface area contributed by atoms with Crippen LogP contribution in [-0.4, -0.2) is 62.4 Å². The number of sulfonamides is 1. The number of nitrogens with zero attached hydrogens (tertiary/aromatic N) is 3. The van der Waals surface area contributed by atoms with Gasteiger partial charge in [0.05, 0.1) is 24.1 Å². The van der Waals surface area contributed by atoms with Crippen LogP contribution in [0.1, 0.15) is 59.4 Å². The Balaban J connectivity index is 1.28. The van der Waals surface area contributed by atoms with E-state index in [0.29, 0.717) is 42.2 Å². The van der Waals surface area contributed by atoms with Crippen molar-refractivity contribution < 1.29 is 17.9 Å². The van der Waals surface area contributed by atoms with Gasteiger partial charge in [0.15, 0.2) is 0 Å². The Kier molecular flexibility index (Phi) is 7.72. The first-order valence-electron chi connectivity index (χ1n) is 13.2. The lowest BCUT2D eigenvalue weighted by Crippen LogP contribution is -2.49. The van der Waals surface area contributed by atoms with Gasteiger partial charge in [-0.2, -0.15) is 0 Å². The minimum absolute atomic E-state index is 0.129. The van der Waals surface area contributed by atoms with Crippen molar-refractivity contribution in [3.8, 4) is 5.75 Å². The van der Waals surface area contributed by atoms with Crippen LogP contribution in [0.2, 0.25) is 0 Å². The van der Waals surface area contributed by atoms with E-state index in [-0.39, 0.29) is 22.8 Å². The highest BCUT2D eigenvalue weighted by Crippen LogP contribution is 2.36. The Morgan fingerprint density at radius 1 is 1.05 bits per heavy atom. The highest BCUT2D eigenvalue weighted by Gasteiger charge is 2.30. The number of hydrogen-bond donors (Lipinski definition) is 1. The van der Waals surface area contributed by atoms with Crippen molar-refractivity contribution in [1.29, 1.82) is 0 Å². The van der Waals surface area contributed by atoms with Crippen molar-refractivity contribution in [1.82, 2.24) is 14.8 Å². The summed E-state index contributed by atoms with van der Waals surface area (Å²) in [6.07, 6.45) is 3.94. The van der Waals surface area contributed by atoms with E-state index >= 15 is 0 Å². The summed E-state index contributed by atoms with van der Waals surface area (Å²) in [5, 5.41) is 0. The highest BCUT2D eigenvalue weighted by atomic mass is 32.2. The highest BCUT2D eigenvalue weighted by molar-refractivity contribution is 8.01. The van der Waals surface area contributed by atoms with Crippen LogP contribution in [0.5, 0.6) is 5.75 Å². The van der Waals surface area contributed by atoms with Gasteiger partial charge in [-0.15, -0.1) is 0 Å². The molecule has 2 heterocycles. The Morgan fingerprint density at radius 3 is 2.51 bits per heavy atom. The molecule has 1 saturated heterocycles. The van der Waals surface area contributed by atoms with Gasteiger partial charge < -0.3 is 9.64 Å². The quantitative estimate of drug-likeness (QED) is 0.453. The molecule has 9 heteroatoms. The molecule has 1 N–H and O–H groups in total. The summed E-state index contributed by atoms with van der Waals surface area (Å²) in [5.74, 6) is 0.391. The molecule has 2 aliphatic rings. The molecule has 1 unspecified atom stereocenters. The fourth-order valence-corrected chi connectivity index (χ4v) is 6.62. The molecule has 0 spiro atoms. The predicted molar refractivity (Wildman–Crippen MR) is 153 cm³/mol. The topological polar surface area (TPSA) is 91.8 Å². The van der Waals surface area contributed by atoms with Crippen molar-refractivity contribution in [3.05, 3.63) is 95.3 Å². The molecule has 1 aromatic heterocycles. The van der Waals surface area contributed by atoms with Gasteiger partial charge >= 0.3 is 0 Å². The summed E-state index contributed by atoms with van der Waals surface area (Å²) in [7, 11) is -2.42. The lowest BCUT2D eigenvalue weighted by Gasteiger charge is -2.38. The van der Waals surface area contributed by atoms with Crippen LogP contribution in [0.3, 0.4) is 0 Å². The second-order valence-electron chi connectivity index (χ2n) is 10.1. The van der Waals surface area contributed by atoms with Gasteiger partial charge in [-0.05, 0) is 48.6 Å². The van der Waals surface area contributed by atoms with Crippen LogP contribution in [0.4, 0.5) is 5.69 Å². The molecule has 5 rings (SSSR count). The van der Waals surface area contributed by atoms with Crippen LogP contribution in [0.25, 0.3) is 4.91 Å². The van der Waals surface area contributed by atoms with Crippen LogP contribution in [-0.2, 0) is 10.0 Å². The maximum Gasteiger partial charge on any atom is 0.263 e. The molecule has 204 valence electrons. The van der Waals surface area contributed by atoms with Crippen LogP contribution in [0.15, 0.2) is 72.9 Å². The number of benzene rings is 2. The van der Waals surface area contributed by atoms with Gasteiger partial charge in [-0.3, -0.25) is 19.4 Å². The molecule has 0 radical (unpaired) electrons. The largest absolute Gasteiger partial charge is 0.496 e. The monoisotopic (exact) mass is 546 g/mol. The lowest BCUT2D eigenvalue weighted by atomic mass is 9.92. The van der Waals surface area contributed by atoms with E-state index in [1.165, 1.54) is 12.7 Å². The number of piperazine rings is 1. The average molecular weight is 547 g/mol. The number of nitrogens with one attached hydrogen (secondary N) is 1. The number of methoxy groups -OCH3 is 1. The summed E-state index contributed by atoms with van der Waals surface area (Å²) in [5.41, 5.74) is 3.37. The number of anilines is 1. The van der Waals surface area contributed by atoms with Gasteiger partial charge in [-0.1, -0.05) is 49.4 Å². The van der Waals surface area contributed by atoms with Gasteiger partial charge in [0.1, 0.15) is 10.7 Å². The zero-order chi connectivity index (χ0) is 27.6. The standard InChI is InChI=1S/C30H34N4O4S/c1-21-11-14-28(29-25(21)10-7-15-31-29)39(36,37)32-24-12-13-26(27(20-24)38-3)30(35)34-18-16-33(17-19-34)22(2)23-8-5-4-6-9-23/h4-10,12-15,20-22,32H,11,16-19H2,1-3H3/t21-,22?/m0/s1. The molecule has 3 aromatic rings. The van der Waals surface area contributed by atoms with E-state index < -0.39 is 10.0 Å². The van der Waals surface area contributed by atoms with Crippen LogP contribution >= 0.6 is 0 Å². The maximum atomic E-state index is 13.4. The summed E-state index contributed by atoms with van der Waals surface area (Å²) in [4.78, 5) is 22.1. The van der Waals surface area contributed by atoms with Crippen molar-refractivity contribution >= 4 is 26.5 Å². The summed E-state index contributed by atoms with van der Waals surface area (Å²) in [6.45, 7) is 6.99. The number of pyridine rings is 1.